The van der Waals surface area contributed by atoms with Gasteiger partial charge in [0.05, 0.1) is 37.3 Å². The molecule has 2 amide bonds. The summed E-state index contributed by atoms with van der Waals surface area (Å²) in [5.41, 5.74) is 1.48. The van der Waals surface area contributed by atoms with Crippen LogP contribution in [0.15, 0.2) is 65.4 Å². The van der Waals surface area contributed by atoms with E-state index in [4.69, 9.17) is 13.9 Å². The van der Waals surface area contributed by atoms with Crippen LogP contribution >= 0.6 is 0 Å². The first kappa shape index (κ1) is 20.7. The van der Waals surface area contributed by atoms with Crippen molar-refractivity contribution in [1.29, 1.82) is 0 Å². The Morgan fingerprint density at radius 1 is 1.03 bits per heavy atom. The van der Waals surface area contributed by atoms with E-state index in [2.05, 4.69) is 10.2 Å². The standard InChI is InChI=1S/C25H21N3O5/c1-3-32-21-12-16(9-11-20(21)31-2)19(13-22-27-26-14-33-22)28-24(29)18-10-8-15-6-4-5-7-17(15)23(18)25(28)30/h4-12,14,19H,3,13H2,1-2H3/t19-/m1/s1. The predicted molar refractivity (Wildman–Crippen MR) is 119 cm³/mol. The molecule has 3 aromatic carbocycles. The van der Waals surface area contributed by atoms with Crippen LogP contribution in [0.1, 0.15) is 45.1 Å². The van der Waals surface area contributed by atoms with E-state index < -0.39 is 6.04 Å². The first-order valence-corrected chi connectivity index (χ1v) is 10.6. The van der Waals surface area contributed by atoms with Crippen molar-refractivity contribution in [3.63, 3.8) is 0 Å². The molecule has 0 saturated carbocycles. The fourth-order valence-corrected chi connectivity index (χ4v) is 4.28. The van der Waals surface area contributed by atoms with Crippen LogP contribution in [-0.2, 0) is 6.42 Å². The number of carbonyl (C=O) groups is 2. The van der Waals surface area contributed by atoms with E-state index >= 15 is 0 Å². The number of carbonyl (C=O) groups excluding carboxylic acids is 2. The lowest BCUT2D eigenvalue weighted by molar-refractivity contribution is 0.0577. The highest BCUT2D eigenvalue weighted by Crippen LogP contribution is 2.39. The highest BCUT2D eigenvalue weighted by Gasteiger charge is 2.42. The third-order valence-electron chi connectivity index (χ3n) is 5.77. The lowest BCUT2D eigenvalue weighted by atomic mass is 10.0. The summed E-state index contributed by atoms with van der Waals surface area (Å²) in [4.78, 5) is 28.5. The molecule has 1 aliphatic heterocycles. The molecule has 0 fully saturated rings. The molecule has 5 rings (SSSR count). The van der Waals surface area contributed by atoms with Gasteiger partial charge in [0.2, 0.25) is 12.3 Å². The summed E-state index contributed by atoms with van der Waals surface area (Å²) in [5, 5.41) is 9.36. The van der Waals surface area contributed by atoms with Crippen LogP contribution in [0.5, 0.6) is 11.5 Å². The average molecular weight is 443 g/mol. The Hall–Kier alpha value is -4.20. The maximum absolute atomic E-state index is 13.7. The molecule has 166 valence electrons. The lowest BCUT2D eigenvalue weighted by Crippen LogP contribution is -2.35. The number of rotatable bonds is 7. The molecule has 0 saturated heterocycles. The van der Waals surface area contributed by atoms with E-state index in [1.54, 1.807) is 25.3 Å². The SMILES string of the molecule is CCOc1cc([C@@H](Cc2nnco2)N2C(=O)c3ccc4ccccc4c3C2=O)ccc1OC. The molecule has 8 nitrogen and oxygen atoms in total. The number of imide groups is 1. The zero-order valence-corrected chi connectivity index (χ0v) is 18.1. The van der Waals surface area contributed by atoms with Gasteiger partial charge in [0.15, 0.2) is 11.5 Å². The maximum Gasteiger partial charge on any atom is 0.262 e. The van der Waals surface area contributed by atoms with Crippen LogP contribution in [0.3, 0.4) is 0 Å². The minimum atomic E-state index is -0.679. The van der Waals surface area contributed by atoms with E-state index in [0.717, 1.165) is 10.8 Å². The minimum absolute atomic E-state index is 0.168. The second-order valence-corrected chi connectivity index (χ2v) is 7.59. The molecule has 0 N–H and O–H groups in total. The molecule has 33 heavy (non-hydrogen) atoms. The molecule has 1 atom stereocenters. The minimum Gasteiger partial charge on any atom is -0.493 e. The third kappa shape index (κ3) is 3.49. The Labute approximate surface area is 189 Å². The van der Waals surface area contributed by atoms with E-state index in [9.17, 15) is 9.59 Å². The summed E-state index contributed by atoms with van der Waals surface area (Å²) >= 11 is 0. The quantitative estimate of drug-likeness (QED) is 0.395. The van der Waals surface area contributed by atoms with Gasteiger partial charge in [-0.05, 0) is 41.5 Å². The molecule has 1 aliphatic rings. The molecule has 2 heterocycles. The van der Waals surface area contributed by atoms with Gasteiger partial charge in [-0.2, -0.15) is 0 Å². The van der Waals surface area contributed by atoms with Crippen molar-refractivity contribution in [2.24, 2.45) is 0 Å². The number of amides is 2. The summed E-state index contributed by atoms with van der Waals surface area (Å²) in [5.74, 6) is 0.680. The molecule has 8 heteroatoms. The van der Waals surface area contributed by atoms with E-state index in [1.807, 2.05) is 43.3 Å². The number of fused-ring (bicyclic) bond motifs is 3. The van der Waals surface area contributed by atoms with Crippen LogP contribution in [0.25, 0.3) is 10.8 Å². The first-order valence-electron chi connectivity index (χ1n) is 10.6. The van der Waals surface area contributed by atoms with Crippen molar-refractivity contribution in [2.75, 3.05) is 13.7 Å². The van der Waals surface area contributed by atoms with Crippen LogP contribution in [-0.4, -0.2) is 40.6 Å². The van der Waals surface area contributed by atoms with Crippen LogP contribution in [0.4, 0.5) is 0 Å². The number of benzene rings is 3. The van der Waals surface area contributed by atoms with Gasteiger partial charge in [-0.3, -0.25) is 14.5 Å². The average Bonchev–Trinajstić information content (AvgIpc) is 3.44. The number of hydrogen-bond donors (Lipinski definition) is 0. The number of aromatic nitrogens is 2. The fourth-order valence-electron chi connectivity index (χ4n) is 4.28. The topological polar surface area (TPSA) is 94.8 Å². The Morgan fingerprint density at radius 2 is 1.88 bits per heavy atom. The second kappa shape index (κ2) is 8.38. The normalized spacial score (nSPS) is 13.9. The lowest BCUT2D eigenvalue weighted by Gasteiger charge is -2.26. The second-order valence-electron chi connectivity index (χ2n) is 7.59. The maximum atomic E-state index is 13.7. The van der Waals surface area contributed by atoms with Gasteiger partial charge >= 0.3 is 0 Å². The van der Waals surface area contributed by atoms with Crippen molar-refractivity contribution < 1.29 is 23.5 Å². The van der Waals surface area contributed by atoms with Crippen LogP contribution < -0.4 is 9.47 Å². The Morgan fingerprint density at radius 3 is 2.64 bits per heavy atom. The monoisotopic (exact) mass is 443 g/mol. The molecular weight excluding hydrogens is 422 g/mol. The molecular formula is C25H21N3O5. The van der Waals surface area contributed by atoms with Gasteiger partial charge in [-0.25, -0.2) is 0 Å². The van der Waals surface area contributed by atoms with Gasteiger partial charge < -0.3 is 13.9 Å². The van der Waals surface area contributed by atoms with Crippen LogP contribution in [0, 0.1) is 0 Å². The largest absolute Gasteiger partial charge is 0.493 e. The Balaban J connectivity index is 1.63. The van der Waals surface area contributed by atoms with Crippen molar-refractivity contribution in [3.05, 3.63) is 83.6 Å². The van der Waals surface area contributed by atoms with E-state index in [-0.39, 0.29) is 18.2 Å². The number of methoxy groups -OCH3 is 1. The van der Waals surface area contributed by atoms with Gasteiger partial charge in [0.25, 0.3) is 11.8 Å². The van der Waals surface area contributed by atoms with Crippen molar-refractivity contribution in [1.82, 2.24) is 15.1 Å². The molecule has 1 aromatic heterocycles. The third-order valence-corrected chi connectivity index (χ3v) is 5.77. The van der Waals surface area contributed by atoms with Crippen molar-refractivity contribution >= 4 is 22.6 Å². The molecule has 4 aromatic rings. The molecule has 0 radical (unpaired) electrons. The summed E-state index contributed by atoms with van der Waals surface area (Å²) < 4.78 is 16.5. The predicted octanol–water partition coefficient (Wildman–Crippen LogP) is 4.21. The van der Waals surface area contributed by atoms with Gasteiger partial charge in [-0.1, -0.05) is 36.4 Å². The van der Waals surface area contributed by atoms with E-state index in [1.165, 1.54) is 11.3 Å². The van der Waals surface area contributed by atoms with Crippen LogP contribution in [0.2, 0.25) is 0 Å². The Kier molecular flexibility index (Phi) is 5.26. The zero-order chi connectivity index (χ0) is 22.9. The highest BCUT2D eigenvalue weighted by molar-refractivity contribution is 6.26. The van der Waals surface area contributed by atoms with E-state index in [0.29, 0.717) is 40.7 Å². The first-order chi connectivity index (χ1) is 16.1. The summed E-state index contributed by atoms with van der Waals surface area (Å²) in [6, 6.07) is 15.8. The summed E-state index contributed by atoms with van der Waals surface area (Å²) in [7, 11) is 1.56. The van der Waals surface area contributed by atoms with Gasteiger partial charge in [0, 0.05) is 0 Å². The molecule has 0 unspecified atom stereocenters. The summed E-state index contributed by atoms with van der Waals surface area (Å²) in [6.45, 7) is 2.31. The fraction of sp³-hybridized carbons (Fsp3) is 0.200. The molecule has 0 spiro atoms. The van der Waals surface area contributed by atoms with Gasteiger partial charge in [0.1, 0.15) is 0 Å². The number of nitrogens with zero attached hydrogens (tertiary/aromatic N) is 3. The van der Waals surface area contributed by atoms with Crippen molar-refractivity contribution in [3.8, 4) is 11.5 Å². The summed E-state index contributed by atoms with van der Waals surface area (Å²) in [6.07, 6.45) is 1.39. The van der Waals surface area contributed by atoms with Gasteiger partial charge in [-0.15, -0.1) is 10.2 Å². The zero-order valence-electron chi connectivity index (χ0n) is 18.1. The van der Waals surface area contributed by atoms with Crippen molar-refractivity contribution in [2.45, 2.75) is 19.4 Å². The molecule has 0 aliphatic carbocycles. The highest BCUT2D eigenvalue weighted by atomic mass is 16.5. The molecule has 0 bridgehead atoms. The Bertz CT molecular complexity index is 1350. The number of ether oxygens (including phenoxy) is 2. The smallest absolute Gasteiger partial charge is 0.262 e. The number of hydrogen-bond acceptors (Lipinski definition) is 7.